The molecule has 9 heteroatoms. The molecule has 0 saturated carbocycles. The highest BCUT2D eigenvalue weighted by molar-refractivity contribution is 7.47. The molecule has 0 heterocycles. The zero-order valence-corrected chi connectivity index (χ0v) is 48.7. The van der Waals surface area contributed by atoms with E-state index in [-0.39, 0.29) is 25.5 Å². The minimum atomic E-state index is -4.38. The number of phosphoric ester groups is 1. The number of quaternary nitrogens is 1. The molecule has 0 radical (unpaired) electrons. The molecule has 0 spiro atoms. The summed E-state index contributed by atoms with van der Waals surface area (Å²) in [5.74, 6) is -0.235. The van der Waals surface area contributed by atoms with Gasteiger partial charge in [0, 0.05) is 6.42 Å². The number of aliphatic hydroxyl groups is 1. The Morgan fingerprint density at radius 2 is 0.824 bits per heavy atom. The smallest absolute Gasteiger partial charge is 0.387 e. The zero-order chi connectivity index (χ0) is 54.2. The number of likely N-dealkylation sites (N-methyl/N-ethyl adjacent to an activating group) is 1. The normalized spacial score (nSPS) is 15.0. The van der Waals surface area contributed by atoms with Crippen LogP contribution in [0.3, 0.4) is 0 Å². The number of carbonyl (C=O) groups excluding carboxylic acids is 1. The van der Waals surface area contributed by atoms with Gasteiger partial charge in [0.05, 0.1) is 39.9 Å². The van der Waals surface area contributed by atoms with E-state index in [1.54, 1.807) is 6.08 Å². The van der Waals surface area contributed by atoms with E-state index >= 15 is 0 Å². The highest BCUT2D eigenvalue weighted by Gasteiger charge is 2.27. The third-order valence-electron chi connectivity index (χ3n) is 12.0. The first-order valence-corrected chi connectivity index (χ1v) is 30.7. The number of rotatable bonds is 51. The predicted octanol–water partition coefficient (Wildman–Crippen LogP) is 18.1. The van der Waals surface area contributed by atoms with Crippen LogP contribution in [0.15, 0.2) is 146 Å². The maximum Gasteiger partial charge on any atom is 0.472 e. The first kappa shape index (κ1) is 70.4. The van der Waals surface area contributed by atoms with Crippen molar-refractivity contribution in [1.29, 1.82) is 0 Å². The number of allylic oxidation sites excluding steroid dienone is 23. The number of nitrogens with zero attached hydrogens (tertiary/aromatic N) is 1. The fourth-order valence-corrected chi connectivity index (χ4v) is 8.23. The van der Waals surface area contributed by atoms with E-state index < -0.39 is 20.0 Å². The van der Waals surface area contributed by atoms with Crippen LogP contribution in [0.25, 0.3) is 0 Å². The van der Waals surface area contributed by atoms with Crippen LogP contribution in [0.4, 0.5) is 0 Å². The largest absolute Gasteiger partial charge is 0.472 e. The van der Waals surface area contributed by atoms with Gasteiger partial charge in [0.1, 0.15) is 13.2 Å². The number of carbonyl (C=O) groups is 1. The maximum absolute atomic E-state index is 13.0. The van der Waals surface area contributed by atoms with Gasteiger partial charge in [-0.05, 0) is 109 Å². The summed E-state index contributed by atoms with van der Waals surface area (Å²) in [6.45, 7) is 4.63. The summed E-state index contributed by atoms with van der Waals surface area (Å²) in [4.78, 5) is 23.3. The van der Waals surface area contributed by atoms with Gasteiger partial charge in [-0.15, -0.1) is 0 Å². The Hall–Kier alpha value is -3.62. The van der Waals surface area contributed by atoms with Crippen LogP contribution in [-0.2, 0) is 18.4 Å². The van der Waals surface area contributed by atoms with Crippen molar-refractivity contribution in [2.45, 2.75) is 219 Å². The van der Waals surface area contributed by atoms with Gasteiger partial charge in [-0.1, -0.05) is 237 Å². The summed E-state index contributed by atoms with van der Waals surface area (Å²) >= 11 is 0. The summed E-state index contributed by atoms with van der Waals surface area (Å²) in [7, 11) is 1.50. The third-order valence-corrected chi connectivity index (χ3v) is 13.0. The quantitative estimate of drug-likeness (QED) is 0.0243. The van der Waals surface area contributed by atoms with Gasteiger partial charge in [0.25, 0.3) is 0 Å². The molecule has 1 amide bonds. The first-order chi connectivity index (χ1) is 36.0. The van der Waals surface area contributed by atoms with Crippen LogP contribution < -0.4 is 5.32 Å². The van der Waals surface area contributed by atoms with E-state index in [2.05, 4.69) is 153 Å². The number of amides is 1. The van der Waals surface area contributed by atoms with Crippen LogP contribution in [0, 0.1) is 0 Å². The SMILES string of the molecule is CC/C=C\C/C=C\C/C=C\C/C=C\C/C=C\C/C=C\C/C=C\C/C=C\C/C=C\C/C=C\CCCCC(=O)NC(COP(=O)(O)OCC[N+](C)(C)C)C(O)/C=C/CC/C=C/CCCCCCCCCCCCCCC. The first-order valence-electron chi connectivity index (χ1n) is 29.2. The molecule has 74 heavy (non-hydrogen) atoms. The zero-order valence-electron chi connectivity index (χ0n) is 47.8. The Morgan fingerprint density at radius 1 is 0.473 bits per heavy atom. The summed E-state index contributed by atoms with van der Waals surface area (Å²) in [6.07, 6.45) is 83.8. The minimum absolute atomic E-state index is 0.0391. The van der Waals surface area contributed by atoms with Gasteiger partial charge < -0.3 is 19.8 Å². The number of phosphoric acid groups is 1. The van der Waals surface area contributed by atoms with Gasteiger partial charge >= 0.3 is 7.82 Å². The van der Waals surface area contributed by atoms with Gasteiger partial charge in [0.15, 0.2) is 0 Å². The van der Waals surface area contributed by atoms with Crippen molar-refractivity contribution in [2.24, 2.45) is 0 Å². The van der Waals surface area contributed by atoms with Crippen molar-refractivity contribution in [3.05, 3.63) is 146 Å². The molecule has 0 aliphatic rings. The lowest BCUT2D eigenvalue weighted by Crippen LogP contribution is -2.45. The van der Waals surface area contributed by atoms with Crippen LogP contribution in [0.2, 0.25) is 0 Å². The van der Waals surface area contributed by atoms with Crippen molar-refractivity contribution in [3.8, 4) is 0 Å². The number of hydrogen-bond acceptors (Lipinski definition) is 5. The average Bonchev–Trinajstić information content (AvgIpc) is 3.36. The van der Waals surface area contributed by atoms with Crippen LogP contribution >= 0.6 is 7.82 Å². The molecular weight excluding hydrogens is 936 g/mol. The molecule has 3 N–H and O–H groups in total. The predicted molar refractivity (Wildman–Crippen MR) is 322 cm³/mol. The number of aliphatic hydroxyl groups excluding tert-OH is 1. The number of unbranched alkanes of at least 4 members (excludes halogenated alkanes) is 16. The monoisotopic (exact) mass is 1050 g/mol. The van der Waals surface area contributed by atoms with E-state index in [1.165, 1.54) is 83.5 Å². The van der Waals surface area contributed by atoms with Crippen molar-refractivity contribution in [1.82, 2.24) is 5.32 Å². The molecule has 0 aliphatic heterocycles. The Bertz CT molecular complexity index is 1710. The van der Waals surface area contributed by atoms with E-state index in [4.69, 9.17) is 9.05 Å². The maximum atomic E-state index is 13.0. The Balaban J connectivity index is 4.38. The molecule has 0 aliphatic carbocycles. The summed E-state index contributed by atoms with van der Waals surface area (Å²) in [6, 6.07) is -0.899. The Morgan fingerprint density at radius 3 is 1.24 bits per heavy atom. The Kier molecular flexibility index (Phi) is 51.5. The molecular formula is C65H110N2O6P+. The molecule has 0 rings (SSSR count). The topological polar surface area (TPSA) is 105 Å². The summed E-state index contributed by atoms with van der Waals surface area (Å²) < 4.78 is 23.7. The molecule has 0 aromatic rings. The van der Waals surface area contributed by atoms with E-state index in [0.717, 1.165) is 96.3 Å². The lowest BCUT2D eigenvalue weighted by molar-refractivity contribution is -0.870. The molecule has 420 valence electrons. The summed E-state index contributed by atoms with van der Waals surface area (Å²) in [5, 5.41) is 13.9. The lowest BCUT2D eigenvalue weighted by atomic mass is 10.0. The molecule has 0 aromatic heterocycles. The molecule has 0 fully saturated rings. The van der Waals surface area contributed by atoms with Crippen LogP contribution in [0.5, 0.6) is 0 Å². The van der Waals surface area contributed by atoms with E-state index in [1.807, 2.05) is 27.2 Å². The van der Waals surface area contributed by atoms with Gasteiger partial charge in [-0.2, -0.15) is 0 Å². The van der Waals surface area contributed by atoms with Crippen LogP contribution in [-0.4, -0.2) is 73.4 Å². The second kappa shape index (κ2) is 54.2. The second-order valence-corrected chi connectivity index (χ2v) is 21.7. The highest BCUT2D eigenvalue weighted by Crippen LogP contribution is 2.43. The molecule has 3 atom stereocenters. The molecule has 0 aromatic carbocycles. The minimum Gasteiger partial charge on any atom is -0.387 e. The standard InChI is InChI=1S/C65H109N2O6P/c1-6-8-10-12-14-16-18-20-22-24-26-27-28-29-30-31-32-33-34-35-36-37-38-39-41-43-45-47-49-51-53-55-57-59-65(69)66-63(62-73-74(70,71)72-61-60-67(3,4)5)64(68)58-56-54-52-50-48-46-44-42-40-25-23-21-19-17-15-13-11-9-7-2/h8,10,14,16,20,22,26-27,29-30,32-33,35-36,38-39,43,45,48-51,56,58,63-64,68H,6-7,9,11-13,15,17-19,21,23-25,28,31,34,37,40-42,44,46-47,52-55,57,59-62H2,1-5H3,(H-,66,69,70,71)/p+1/b10-8-,16-14-,22-20-,27-26-,30-29-,33-32-,36-35-,39-38-,45-43-,50-48+,51-49-,58-56+. The molecule has 0 bridgehead atoms. The fourth-order valence-electron chi connectivity index (χ4n) is 7.50. The van der Waals surface area contributed by atoms with Crippen molar-refractivity contribution in [2.75, 3.05) is 40.9 Å². The van der Waals surface area contributed by atoms with Crippen molar-refractivity contribution >= 4 is 13.7 Å². The third kappa shape index (κ3) is 56.1. The van der Waals surface area contributed by atoms with Gasteiger partial charge in [0.2, 0.25) is 5.91 Å². The van der Waals surface area contributed by atoms with E-state index in [9.17, 15) is 19.4 Å². The number of nitrogens with one attached hydrogen (secondary N) is 1. The van der Waals surface area contributed by atoms with Crippen molar-refractivity contribution in [3.63, 3.8) is 0 Å². The van der Waals surface area contributed by atoms with Crippen molar-refractivity contribution < 1.29 is 32.9 Å². The number of hydrogen-bond donors (Lipinski definition) is 3. The van der Waals surface area contributed by atoms with Gasteiger partial charge in [-0.3, -0.25) is 13.8 Å². The molecule has 0 saturated heterocycles. The van der Waals surface area contributed by atoms with Gasteiger partial charge in [-0.25, -0.2) is 4.57 Å². The average molecular weight is 1050 g/mol. The van der Waals surface area contributed by atoms with Crippen LogP contribution in [0.1, 0.15) is 206 Å². The van der Waals surface area contributed by atoms with E-state index in [0.29, 0.717) is 17.4 Å². The second-order valence-electron chi connectivity index (χ2n) is 20.3. The summed E-state index contributed by atoms with van der Waals surface area (Å²) in [5.41, 5.74) is 0. The molecule has 3 unspecified atom stereocenters. The Labute approximate surface area is 455 Å². The highest BCUT2D eigenvalue weighted by atomic mass is 31.2. The lowest BCUT2D eigenvalue weighted by Gasteiger charge is -2.25. The molecule has 8 nitrogen and oxygen atoms in total. The fraction of sp³-hybridized carbons (Fsp3) is 0.615.